The van der Waals surface area contributed by atoms with E-state index in [2.05, 4.69) is 9.97 Å². The predicted octanol–water partition coefficient (Wildman–Crippen LogP) is 3.77. The molecule has 6 heteroatoms. The molecule has 3 nitrogen and oxygen atoms in total. The van der Waals surface area contributed by atoms with Crippen LogP contribution in [-0.2, 0) is 0 Å². The van der Waals surface area contributed by atoms with E-state index in [1.54, 1.807) is 0 Å². The van der Waals surface area contributed by atoms with Gasteiger partial charge in [0, 0.05) is 17.0 Å². The number of aryl methyl sites for hydroxylation is 1. The smallest absolute Gasteiger partial charge is 0.161 e. The number of benzene rings is 1. The summed E-state index contributed by atoms with van der Waals surface area (Å²) in [5.41, 5.74) is 8.64. The molecule has 0 fully saturated rings. The van der Waals surface area contributed by atoms with Crippen LogP contribution in [0.5, 0.6) is 0 Å². The number of nitrogens with two attached hydrogens (primary N) is 1. The fourth-order valence-electron chi connectivity index (χ4n) is 2.07. The van der Waals surface area contributed by atoms with Gasteiger partial charge >= 0.3 is 0 Å². The molecule has 2 aromatic heterocycles. The maximum absolute atomic E-state index is 13.2. The van der Waals surface area contributed by atoms with Crippen molar-refractivity contribution in [3.8, 4) is 11.4 Å². The molecule has 0 saturated carbocycles. The number of halogens is 2. The fourth-order valence-corrected chi connectivity index (χ4v) is 3.01. The monoisotopic (exact) mass is 279 g/mol. The molecule has 3 N–H and O–H groups in total. The van der Waals surface area contributed by atoms with Crippen LogP contribution >= 0.6 is 11.3 Å². The van der Waals surface area contributed by atoms with Crippen molar-refractivity contribution in [3.63, 3.8) is 0 Å². The molecule has 98 valence electrons. The van der Waals surface area contributed by atoms with Crippen LogP contribution in [0.4, 0.5) is 13.8 Å². The molecule has 1 aromatic carbocycles. The minimum Gasteiger partial charge on any atom is -0.390 e. The lowest BCUT2D eigenvalue weighted by molar-refractivity contribution is 0.510. The van der Waals surface area contributed by atoms with Gasteiger partial charge in [-0.15, -0.1) is 11.3 Å². The minimum absolute atomic E-state index is 0.386. The summed E-state index contributed by atoms with van der Waals surface area (Å²) in [6.45, 7) is 3.92. The molecule has 3 rings (SSSR count). The van der Waals surface area contributed by atoms with E-state index < -0.39 is 11.6 Å². The molecule has 0 aliphatic rings. The van der Waals surface area contributed by atoms with Gasteiger partial charge in [0.15, 0.2) is 11.6 Å². The number of fused-ring (bicyclic) bond motifs is 1. The average Bonchev–Trinajstić information content (AvgIpc) is 2.82. The van der Waals surface area contributed by atoms with Gasteiger partial charge in [0.1, 0.15) is 5.82 Å². The van der Waals surface area contributed by atoms with Crippen LogP contribution < -0.4 is 5.73 Å². The Labute approximate surface area is 112 Å². The van der Waals surface area contributed by atoms with E-state index >= 15 is 0 Å². The minimum atomic E-state index is -0.906. The first-order valence-electron chi connectivity index (χ1n) is 5.68. The zero-order chi connectivity index (χ0) is 13.7. The number of hydrogen-bond donors (Lipinski definition) is 2. The van der Waals surface area contributed by atoms with Crippen LogP contribution in [0.25, 0.3) is 22.4 Å². The van der Waals surface area contributed by atoms with E-state index in [-0.39, 0.29) is 0 Å². The number of nitrogens with one attached hydrogen (secondary N) is 1. The molecule has 0 spiro atoms. The van der Waals surface area contributed by atoms with Gasteiger partial charge in [0.05, 0.1) is 21.6 Å². The number of nitrogens with zero attached hydrogens (tertiary/aromatic N) is 1. The quantitative estimate of drug-likeness (QED) is 0.712. The van der Waals surface area contributed by atoms with Gasteiger partial charge in [-0.3, -0.25) is 0 Å². The van der Waals surface area contributed by atoms with Crippen LogP contribution in [0.2, 0.25) is 0 Å². The normalized spacial score (nSPS) is 11.4. The Morgan fingerprint density at radius 3 is 2.53 bits per heavy atom. The second-order valence-electron chi connectivity index (χ2n) is 4.39. The molecular formula is C13H11F2N3S. The Morgan fingerprint density at radius 2 is 1.89 bits per heavy atom. The number of aromatic amines is 1. The molecule has 3 aromatic rings. The van der Waals surface area contributed by atoms with Gasteiger partial charge in [0.25, 0.3) is 0 Å². The largest absolute Gasteiger partial charge is 0.390 e. The van der Waals surface area contributed by atoms with Crippen molar-refractivity contribution in [1.29, 1.82) is 0 Å². The average molecular weight is 279 g/mol. The summed E-state index contributed by atoms with van der Waals surface area (Å²) < 4.78 is 26.3. The first kappa shape index (κ1) is 12.1. The maximum atomic E-state index is 13.2. The highest BCUT2D eigenvalue weighted by atomic mass is 32.1. The van der Waals surface area contributed by atoms with Crippen LogP contribution in [0, 0.1) is 25.5 Å². The van der Waals surface area contributed by atoms with Crippen LogP contribution in [0.1, 0.15) is 10.4 Å². The summed E-state index contributed by atoms with van der Waals surface area (Å²) >= 11 is 1.48. The van der Waals surface area contributed by atoms with Gasteiger partial charge in [-0.1, -0.05) is 0 Å². The number of anilines is 1. The van der Waals surface area contributed by atoms with Crippen molar-refractivity contribution in [3.05, 3.63) is 34.2 Å². The van der Waals surface area contributed by atoms with Crippen LogP contribution in [-0.4, -0.2) is 9.97 Å². The zero-order valence-corrected chi connectivity index (χ0v) is 11.2. The first-order valence-corrected chi connectivity index (χ1v) is 6.49. The number of rotatable bonds is 1. The Hall–Kier alpha value is -1.95. The van der Waals surface area contributed by atoms with E-state index in [4.69, 9.17) is 5.73 Å². The third-order valence-electron chi connectivity index (χ3n) is 3.17. The highest BCUT2D eigenvalue weighted by Crippen LogP contribution is 2.37. The van der Waals surface area contributed by atoms with E-state index in [9.17, 15) is 8.78 Å². The summed E-state index contributed by atoms with van der Waals surface area (Å²) in [5.74, 6) is -1.26. The fraction of sp³-hybridized carbons (Fsp3) is 0.154. The standard InChI is InChI=1S/C13H11F2N3S/c1-5-6(2)19-12(16)11(5)13-17-9-3-7(14)8(15)4-10(9)18-13/h3-4H,16H2,1-2H3,(H,17,18). The van der Waals surface area contributed by atoms with Crippen molar-refractivity contribution in [1.82, 2.24) is 9.97 Å². The molecule has 19 heavy (non-hydrogen) atoms. The first-order chi connectivity index (χ1) is 8.97. The molecule has 2 heterocycles. The second-order valence-corrected chi connectivity index (χ2v) is 5.65. The van der Waals surface area contributed by atoms with Gasteiger partial charge in [-0.2, -0.15) is 0 Å². The summed E-state index contributed by atoms with van der Waals surface area (Å²) in [6, 6.07) is 2.18. The summed E-state index contributed by atoms with van der Waals surface area (Å²) in [7, 11) is 0. The number of nitrogen functional groups attached to an aromatic ring is 1. The Morgan fingerprint density at radius 1 is 1.21 bits per heavy atom. The van der Waals surface area contributed by atoms with Crippen molar-refractivity contribution >= 4 is 27.4 Å². The Bertz CT molecular complexity index is 750. The summed E-state index contributed by atoms with van der Waals surface area (Å²) in [4.78, 5) is 8.37. The van der Waals surface area contributed by atoms with Crippen molar-refractivity contribution in [2.45, 2.75) is 13.8 Å². The molecule has 0 aliphatic carbocycles. The van der Waals surface area contributed by atoms with Crippen molar-refractivity contribution in [2.75, 3.05) is 5.73 Å². The number of H-pyrrole nitrogens is 1. The van der Waals surface area contributed by atoms with E-state index in [0.29, 0.717) is 21.9 Å². The van der Waals surface area contributed by atoms with E-state index in [1.165, 1.54) is 11.3 Å². The molecule has 0 unspecified atom stereocenters. The number of imidazole rings is 1. The van der Waals surface area contributed by atoms with Crippen molar-refractivity contribution < 1.29 is 8.78 Å². The molecule has 0 amide bonds. The third-order valence-corrected chi connectivity index (χ3v) is 4.21. The number of hydrogen-bond acceptors (Lipinski definition) is 3. The van der Waals surface area contributed by atoms with Gasteiger partial charge in [-0.25, -0.2) is 13.8 Å². The summed E-state index contributed by atoms with van der Waals surface area (Å²) in [6.07, 6.45) is 0. The Balaban J connectivity index is 2.26. The van der Waals surface area contributed by atoms with Crippen LogP contribution in [0.15, 0.2) is 12.1 Å². The molecule has 0 radical (unpaired) electrons. The molecule has 0 bridgehead atoms. The maximum Gasteiger partial charge on any atom is 0.161 e. The third kappa shape index (κ3) is 1.79. The lowest BCUT2D eigenvalue weighted by Crippen LogP contribution is -1.87. The molecule has 0 aliphatic heterocycles. The van der Waals surface area contributed by atoms with E-state index in [1.807, 2.05) is 13.8 Å². The Kier molecular flexibility index (Phi) is 2.56. The lowest BCUT2D eigenvalue weighted by Gasteiger charge is -1.97. The predicted molar refractivity (Wildman–Crippen MR) is 73.2 cm³/mol. The lowest BCUT2D eigenvalue weighted by atomic mass is 10.1. The number of aromatic nitrogens is 2. The summed E-state index contributed by atoms with van der Waals surface area (Å²) in [5, 5.41) is 0.648. The SMILES string of the molecule is Cc1sc(N)c(-c2nc3cc(F)c(F)cc3[nH]2)c1C. The topological polar surface area (TPSA) is 54.7 Å². The van der Waals surface area contributed by atoms with Crippen LogP contribution in [0.3, 0.4) is 0 Å². The second kappa shape index (κ2) is 4.03. The molecule has 0 atom stereocenters. The molecular weight excluding hydrogens is 268 g/mol. The number of thiophene rings is 1. The zero-order valence-electron chi connectivity index (χ0n) is 10.3. The van der Waals surface area contributed by atoms with Crippen molar-refractivity contribution in [2.24, 2.45) is 0 Å². The van der Waals surface area contributed by atoms with E-state index in [0.717, 1.165) is 28.1 Å². The van der Waals surface area contributed by atoms with Gasteiger partial charge in [0.2, 0.25) is 0 Å². The van der Waals surface area contributed by atoms with Gasteiger partial charge in [-0.05, 0) is 19.4 Å². The highest BCUT2D eigenvalue weighted by molar-refractivity contribution is 7.16. The highest BCUT2D eigenvalue weighted by Gasteiger charge is 2.16. The molecule has 0 saturated heterocycles. The van der Waals surface area contributed by atoms with Gasteiger partial charge < -0.3 is 10.7 Å².